The van der Waals surface area contributed by atoms with Crippen molar-refractivity contribution in [3.8, 4) is 0 Å². The molecular formula is C16H26N2. The Morgan fingerprint density at radius 1 is 1.11 bits per heavy atom. The van der Waals surface area contributed by atoms with Gasteiger partial charge in [-0.1, -0.05) is 31.2 Å². The maximum atomic E-state index is 3.19. The molecule has 1 aromatic rings. The van der Waals surface area contributed by atoms with Crippen molar-refractivity contribution in [3.05, 3.63) is 35.4 Å². The third-order valence-electron chi connectivity index (χ3n) is 3.97. The Bertz CT molecular complexity index is 337. The van der Waals surface area contributed by atoms with Gasteiger partial charge in [0.25, 0.3) is 0 Å². The summed E-state index contributed by atoms with van der Waals surface area (Å²) in [6.07, 6.45) is 3.85. The molecule has 2 rings (SSSR count). The second-order valence-electron chi connectivity index (χ2n) is 5.63. The van der Waals surface area contributed by atoms with E-state index >= 15 is 0 Å². The number of nitrogens with one attached hydrogen (secondary N) is 1. The van der Waals surface area contributed by atoms with Gasteiger partial charge in [0.1, 0.15) is 0 Å². The first-order valence-electron chi connectivity index (χ1n) is 7.22. The van der Waals surface area contributed by atoms with Gasteiger partial charge in [0, 0.05) is 6.54 Å². The van der Waals surface area contributed by atoms with E-state index in [4.69, 9.17) is 0 Å². The monoisotopic (exact) mass is 246 g/mol. The Hall–Kier alpha value is -0.860. The zero-order valence-electron chi connectivity index (χ0n) is 11.8. The number of benzene rings is 1. The second kappa shape index (κ2) is 6.91. The average molecular weight is 246 g/mol. The van der Waals surface area contributed by atoms with E-state index in [1.807, 2.05) is 7.05 Å². The lowest BCUT2D eigenvalue weighted by molar-refractivity contribution is 0.185. The van der Waals surface area contributed by atoms with Gasteiger partial charge in [-0.05, 0) is 63.0 Å². The van der Waals surface area contributed by atoms with Crippen molar-refractivity contribution in [1.82, 2.24) is 10.2 Å². The van der Waals surface area contributed by atoms with Crippen LogP contribution in [0.3, 0.4) is 0 Å². The van der Waals surface area contributed by atoms with Crippen LogP contribution >= 0.6 is 0 Å². The van der Waals surface area contributed by atoms with E-state index in [0.717, 1.165) is 25.4 Å². The van der Waals surface area contributed by atoms with E-state index in [1.54, 1.807) is 0 Å². The molecule has 0 spiro atoms. The molecule has 0 atom stereocenters. The van der Waals surface area contributed by atoms with Crippen LogP contribution in [0.15, 0.2) is 24.3 Å². The molecule has 0 aromatic heterocycles. The molecule has 1 aromatic carbocycles. The molecule has 0 saturated carbocycles. The van der Waals surface area contributed by atoms with Gasteiger partial charge in [-0.25, -0.2) is 0 Å². The molecule has 1 heterocycles. The number of hydrogen-bond donors (Lipinski definition) is 1. The van der Waals surface area contributed by atoms with Crippen LogP contribution in [-0.2, 0) is 13.0 Å². The number of likely N-dealkylation sites (tertiary alicyclic amines) is 1. The molecule has 100 valence electrons. The van der Waals surface area contributed by atoms with Crippen LogP contribution in [0.4, 0.5) is 0 Å². The topological polar surface area (TPSA) is 15.3 Å². The highest BCUT2D eigenvalue weighted by atomic mass is 15.1. The Morgan fingerprint density at radius 3 is 2.33 bits per heavy atom. The quantitative estimate of drug-likeness (QED) is 0.859. The summed E-state index contributed by atoms with van der Waals surface area (Å²) in [6.45, 7) is 7.08. The fourth-order valence-corrected chi connectivity index (χ4v) is 2.56. The molecule has 2 nitrogen and oxygen atoms in total. The SMILES string of the molecule is CNCCc1ccc(CN2CCC(C)CC2)cc1. The van der Waals surface area contributed by atoms with Gasteiger partial charge >= 0.3 is 0 Å². The molecule has 0 bridgehead atoms. The Kier molecular flexibility index (Phi) is 5.21. The normalized spacial score (nSPS) is 18.1. The first-order valence-corrected chi connectivity index (χ1v) is 7.22. The highest BCUT2D eigenvalue weighted by Crippen LogP contribution is 2.18. The van der Waals surface area contributed by atoms with Crippen molar-refractivity contribution >= 4 is 0 Å². The lowest BCUT2D eigenvalue weighted by atomic mass is 9.98. The zero-order chi connectivity index (χ0) is 12.8. The first-order chi connectivity index (χ1) is 8.78. The van der Waals surface area contributed by atoms with Crippen LogP contribution in [0, 0.1) is 5.92 Å². The fraction of sp³-hybridized carbons (Fsp3) is 0.625. The van der Waals surface area contributed by atoms with Gasteiger partial charge in [0.15, 0.2) is 0 Å². The predicted molar refractivity (Wildman–Crippen MR) is 77.7 cm³/mol. The van der Waals surface area contributed by atoms with E-state index in [0.29, 0.717) is 0 Å². The molecule has 1 saturated heterocycles. The van der Waals surface area contributed by atoms with E-state index < -0.39 is 0 Å². The third-order valence-corrected chi connectivity index (χ3v) is 3.97. The number of hydrogen-bond acceptors (Lipinski definition) is 2. The number of likely N-dealkylation sites (N-methyl/N-ethyl adjacent to an activating group) is 1. The fourth-order valence-electron chi connectivity index (χ4n) is 2.56. The summed E-state index contributed by atoms with van der Waals surface area (Å²) >= 11 is 0. The number of nitrogens with zero attached hydrogens (tertiary/aromatic N) is 1. The minimum absolute atomic E-state index is 0.921. The summed E-state index contributed by atoms with van der Waals surface area (Å²) in [5, 5.41) is 3.19. The zero-order valence-corrected chi connectivity index (χ0v) is 11.8. The standard InChI is InChI=1S/C16H26N2/c1-14-8-11-18(12-9-14)13-16-5-3-15(4-6-16)7-10-17-2/h3-6,14,17H,7-13H2,1-2H3. The van der Waals surface area contributed by atoms with Gasteiger partial charge in [-0.15, -0.1) is 0 Å². The van der Waals surface area contributed by atoms with E-state index in [9.17, 15) is 0 Å². The molecule has 1 fully saturated rings. The largest absolute Gasteiger partial charge is 0.319 e. The maximum Gasteiger partial charge on any atom is 0.0233 e. The molecule has 1 N–H and O–H groups in total. The molecular weight excluding hydrogens is 220 g/mol. The van der Waals surface area contributed by atoms with Gasteiger partial charge in [0.05, 0.1) is 0 Å². The molecule has 18 heavy (non-hydrogen) atoms. The summed E-state index contributed by atoms with van der Waals surface area (Å²) in [7, 11) is 2.01. The summed E-state index contributed by atoms with van der Waals surface area (Å²) in [5.74, 6) is 0.921. The molecule has 1 aliphatic rings. The molecule has 0 amide bonds. The van der Waals surface area contributed by atoms with Gasteiger partial charge in [0.2, 0.25) is 0 Å². The Morgan fingerprint density at radius 2 is 1.72 bits per heavy atom. The molecule has 0 aliphatic carbocycles. The van der Waals surface area contributed by atoms with Crippen LogP contribution in [0.2, 0.25) is 0 Å². The Labute approximate surface area is 111 Å². The number of piperidine rings is 1. The van der Waals surface area contributed by atoms with Crippen LogP contribution in [0.5, 0.6) is 0 Å². The lowest BCUT2D eigenvalue weighted by Crippen LogP contribution is -2.32. The van der Waals surface area contributed by atoms with Crippen molar-refractivity contribution < 1.29 is 0 Å². The molecule has 0 unspecified atom stereocenters. The molecule has 1 aliphatic heterocycles. The minimum Gasteiger partial charge on any atom is -0.319 e. The third kappa shape index (κ3) is 4.11. The predicted octanol–water partition coefficient (Wildman–Crippen LogP) is 2.68. The molecule has 0 radical (unpaired) electrons. The second-order valence-corrected chi connectivity index (χ2v) is 5.63. The number of rotatable bonds is 5. The first kappa shape index (κ1) is 13.6. The van der Waals surface area contributed by atoms with Crippen LogP contribution in [0.1, 0.15) is 30.9 Å². The van der Waals surface area contributed by atoms with E-state index in [1.165, 1.54) is 37.1 Å². The van der Waals surface area contributed by atoms with Gasteiger partial charge < -0.3 is 5.32 Å². The summed E-state index contributed by atoms with van der Waals surface area (Å²) in [5.41, 5.74) is 2.89. The lowest BCUT2D eigenvalue weighted by Gasteiger charge is -2.30. The van der Waals surface area contributed by atoms with Crippen LogP contribution < -0.4 is 5.32 Å². The van der Waals surface area contributed by atoms with Crippen molar-refractivity contribution in [2.75, 3.05) is 26.7 Å². The van der Waals surface area contributed by atoms with E-state index in [2.05, 4.69) is 41.4 Å². The van der Waals surface area contributed by atoms with Gasteiger partial charge in [-0.2, -0.15) is 0 Å². The average Bonchev–Trinajstić information content (AvgIpc) is 2.41. The van der Waals surface area contributed by atoms with Gasteiger partial charge in [-0.3, -0.25) is 4.90 Å². The van der Waals surface area contributed by atoms with Crippen molar-refractivity contribution in [3.63, 3.8) is 0 Å². The van der Waals surface area contributed by atoms with Crippen LogP contribution in [0.25, 0.3) is 0 Å². The minimum atomic E-state index is 0.921. The highest BCUT2D eigenvalue weighted by molar-refractivity contribution is 5.22. The maximum absolute atomic E-state index is 3.19. The summed E-state index contributed by atoms with van der Waals surface area (Å²) in [6, 6.07) is 9.14. The summed E-state index contributed by atoms with van der Waals surface area (Å²) < 4.78 is 0. The highest BCUT2D eigenvalue weighted by Gasteiger charge is 2.15. The smallest absolute Gasteiger partial charge is 0.0233 e. The van der Waals surface area contributed by atoms with Crippen LogP contribution in [-0.4, -0.2) is 31.6 Å². The van der Waals surface area contributed by atoms with E-state index in [-0.39, 0.29) is 0 Å². The summed E-state index contributed by atoms with van der Waals surface area (Å²) in [4.78, 5) is 2.59. The van der Waals surface area contributed by atoms with Crippen molar-refractivity contribution in [2.24, 2.45) is 5.92 Å². The Balaban J connectivity index is 1.82. The van der Waals surface area contributed by atoms with Crippen molar-refractivity contribution in [2.45, 2.75) is 32.7 Å². The molecule has 2 heteroatoms. The van der Waals surface area contributed by atoms with Crippen molar-refractivity contribution in [1.29, 1.82) is 0 Å².